The van der Waals surface area contributed by atoms with Gasteiger partial charge in [-0.25, -0.2) is 0 Å². The molecule has 0 saturated heterocycles. The maximum atomic E-state index is 5.49. The van der Waals surface area contributed by atoms with Crippen molar-refractivity contribution in [1.29, 1.82) is 0 Å². The van der Waals surface area contributed by atoms with E-state index >= 15 is 0 Å². The van der Waals surface area contributed by atoms with Gasteiger partial charge in [0.2, 0.25) is 6.79 Å². The smallest absolute Gasteiger partial charge is 0.231 e. The van der Waals surface area contributed by atoms with E-state index in [1.54, 1.807) is 7.05 Å². The number of aliphatic imine (C=N–C) groups is 1. The summed E-state index contributed by atoms with van der Waals surface area (Å²) in [6.45, 7) is 9.83. The fraction of sp³-hybridized carbons (Fsp3) is 0.474. The highest BCUT2D eigenvalue weighted by molar-refractivity contribution is 5.79. The van der Waals surface area contributed by atoms with Crippen LogP contribution < -0.4 is 20.1 Å². The summed E-state index contributed by atoms with van der Waals surface area (Å²) >= 11 is 0. The van der Waals surface area contributed by atoms with Gasteiger partial charge in [0.25, 0.3) is 0 Å². The van der Waals surface area contributed by atoms with Crippen molar-refractivity contribution in [3.05, 3.63) is 40.8 Å². The summed E-state index contributed by atoms with van der Waals surface area (Å²) in [6, 6.07) is 6.09. The van der Waals surface area contributed by atoms with Crippen LogP contribution in [0.3, 0.4) is 0 Å². The number of benzene rings is 1. The van der Waals surface area contributed by atoms with Gasteiger partial charge in [0.15, 0.2) is 17.5 Å². The van der Waals surface area contributed by atoms with Crippen molar-refractivity contribution in [2.24, 2.45) is 4.99 Å². The predicted molar refractivity (Wildman–Crippen MR) is 99.8 cm³/mol. The maximum Gasteiger partial charge on any atom is 0.231 e. The molecule has 140 valence electrons. The molecule has 0 fully saturated rings. The largest absolute Gasteiger partial charge is 0.454 e. The number of hydrogen-bond acceptors (Lipinski definition) is 5. The molecule has 0 unspecified atom stereocenters. The number of hydrogen-bond donors (Lipinski definition) is 2. The summed E-state index contributed by atoms with van der Waals surface area (Å²) in [7, 11) is 1.76. The fourth-order valence-corrected chi connectivity index (χ4v) is 2.87. The van der Waals surface area contributed by atoms with E-state index in [0.717, 1.165) is 34.5 Å². The third-order valence-corrected chi connectivity index (χ3v) is 4.69. The summed E-state index contributed by atoms with van der Waals surface area (Å²) < 4.78 is 16.1. The number of rotatable bonds is 5. The average molecular weight is 358 g/mol. The van der Waals surface area contributed by atoms with Crippen LogP contribution in [0.1, 0.15) is 36.4 Å². The van der Waals surface area contributed by atoms with Gasteiger partial charge >= 0.3 is 0 Å². The first-order valence-electron chi connectivity index (χ1n) is 8.67. The molecule has 0 bridgehead atoms. The molecule has 2 N–H and O–H groups in total. The first-order chi connectivity index (χ1) is 12.4. The molecular weight excluding hydrogens is 332 g/mol. The highest BCUT2D eigenvalue weighted by Crippen LogP contribution is 2.36. The average Bonchev–Trinajstić information content (AvgIpc) is 3.21. The Hall–Kier alpha value is -2.70. The van der Waals surface area contributed by atoms with Gasteiger partial charge < -0.3 is 24.6 Å². The molecular formula is C19H26N4O3. The summed E-state index contributed by atoms with van der Waals surface area (Å²) in [6.07, 6.45) is 0. The van der Waals surface area contributed by atoms with Crippen molar-refractivity contribution in [2.75, 3.05) is 20.4 Å². The number of guanidine groups is 1. The first kappa shape index (κ1) is 18.1. The van der Waals surface area contributed by atoms with Crippen molar-refractivity contribution in [2.45, 2.75) is 39.7 Å². The van der Waals surface area contributed by atoms with Crippen molar-refractivity contribution in [3.63, 3.8) is 0 Å². The van der Waals surface area contributed by atoms with E-state index in [9.17, 15) is 0 Å². The van der Waals surface area contributed by atoms with Gasteiger partial charge in [0.1, 0.15) is 5.76 Å². The van der Waals surface area contributed by atoms with Crippen LogP contribution >= 0.6 is 0 Å². The lowest BCUT2D eigenvalue weighted by Crippen LogP contribution is -2.43. The maximum absolute atomic E-state index is 5.49. The van der Waals surface area contributed by atoms with Gasteiger partial charge in [-0.1, -0.05) is 25.1 Å². The molecule has 1 aliphatic rings. The lowest BCUT2D eigenvalue weighted by atomic mass is 9.84. The molecule has 1 aromatic heterocycles. The molecule has 0 aliphatic carbocycles. The van der Waals surface area contributed by atoms with E-state index in [2.05, 4.69) is 40.7 Å². The van der Waals surface area contributed by atoms with Crippen LogP contribution in [0.25, 0.3) is 0 Å². The van der Waals surface area contributed by atoms with Crippen LogP contribution in [0, 0.1) is 13.8 Å². The Labute approximate surface area is 153 Å². The predicted octanol–water partition coefficient (Wildman–Crippen LogP) is 2.66. The number of aromatic nitrogens is 1. The van der Waals surface area contributed by atoms with E-state index in [4.69, 9.17) is 14.0 Å². The molecule has 26 heavy (non-hydrogen) atoms. The number of aryl methyl sites for hydroxylation is 2. The van der Waals surface area contributed by atoms with Crippen LogP contribution in [0.2, 0.25) is 0 Å². The molecule has 0 spiro atoms. The van der Waals surface area contributed by atoms with Gasteiger partial charge in [-0.2, -0.15) is 0 Å². The standard InChI is InChI=1S/C19H26N4O3/c1-12-15(13(2)26-23-12)9-21-18(20-5)22-10-19(3,4)14-6-7-16-17(8-14)25-11-24-16/h6-8H,9-11H2,1-5H3,(H2,20,21,22). The molecule has 7 nitrogen and oxygen atoms in total. The normalized spacial score (nSPS) is 13.8. The number of nitrogens with zero attached hydrogens (tertiary/aromatic N) is 2. The minimum absolute atomic E-state index is 0.109. The van der Waals surface area contributed by atoms with E-state index in [0.29, 0.717) is 13.1 Å². The molecule has 3 rings (SSSR count). The zero-order valence-electron chi connectivity index (χ0n) is 16.0. The molecule has 0 atom stereocenters. The zero-order chi connectivity index (χ0) is 18.7. The molecule has 0 radical (unpaired) electrons. The first-order valence-corrected chi connectivity index (χ1v) is 8.67. The van der Waals surface area contributed by atoms with E-state index in [1.165, 1.54) is 5.56 Å². The van der Waals surface area contributed by atoms with Gasteiger partial charge in [0.05, 0.1) is 5.69 Å². The summed E-state index contributed by atoms with van der Waals surface area (Å²) in [4.78, 5) is 4.30. The molecule has 7 heteroatoms. The third kappa shape index (κ3) is 3.76. The highest BCUT2D eigenvalue weighted by atomic mass is 16.7. The third-order valence-electron chi connectivity index (χ3n) is 4.69. The fourth-order valence-electron chi connectivity index (χ4n) is 2.87. The van der Waals surface area contributed by atoms with Crippen molar-refractivity contribution < 1.29 is 14.0 Å². The van der Waals surface area contributed by atoms with Crippen molar-refractivity contribution in [3.8, 4) is 11.5 Å². The van der Waals surface area contributed by atoms with Gasteiger partial charge in [0, 0.05) is 31.1 Å². The minimum Gasteiger partial charge on any atom is -0.454 e. The number of fused-ring (bicyclic) bond motifs is 1. The Kier molecular flexibility index (Phi) is 5.06. The van der Waals surface area contributed by atoms with Crippen molar-refractivity contribution >= 4 is 5.96 Å². The summed E-state index contributed by atoms with van der Waals surface area (Å²) in [5, 5.41) is 10.7. The monoisotopic (exact) mass is 358 g/mol. The van der Waals surface area contributed by atoms with Crippen LogP contribution in [-0.2, 0) is 12.0 Å². The van der Waals surface area contributed by atoms with Crippen LogP contribution in [-0.4, -0.2) is 31.5 Å². The quantitative estimate of drug-likeness (QED) is 0.632. The molecule has 1 aliphatic heterocycles. The van der Waals surface area contributed by atoms with Gasteiger partial charge in [-0.05, 0) is 31.5 Å². The number of ether oxygens (including phenoxy) is 2. The zero-order valence-corrected chi connectivity index (χ0v) is 16.0. The van der Waals surface area contributed by atoms with E-state index in [1.807, 2.05) is 26.0 Å². The Balaban J connectivity index is 1.60. The molecule has 0 saturated carbocycles. The topological polar surface area (TPSA) is 80.9 Å². The Morgan fingerprint density at radius 2 is 1.96 bits per heavy atom. The second kappa shape index (κ2) is 7.27. The Morgan fingerprint density at radius 3 is 2.65 bits per heavy atom. The Morgan fingerprint density at radius 1 is 1.19 bits per heavy atom. The highest BCUT2D eigenvalue weighted by Gasteiger charge is 2.24. The SMILES string of the molecule is CN=C(NCc1c(C)noc1C)NCC(C)(C)c1ccc2c(c1)OCO2. The van der Waals surface area contributed by atoms with E-state index < -0.39 is 0 Å². The second-order valence-corrected chi connectivity index (χ2v) is 7.03. The lowest BCUT2D eigenvalue weighted by Gasteiger charge is -2.27. The second-order valence-electron chi connectivity index (χ2n) is 7.03. The Bertz CT molecular complexity index is 792. The van der Waals surface area contributed by atoms with E-state index in [-0.39, 0.29) is 12.2 Å². The summed E-state index contributed by atoms with van der Waals surface area (Å²) in [5.74, 6) is 3.16. The van der Waals surface area contributed by atoms with Crippen LogP contribution in [0.5, 0.6) is 11.5 Å². The lowest BCUT2D eigenvalue weighted by molar-refractivity contribution is 0.174. The molecule has 2 heterocycles. The summed E-state index contributed by atoms with van der Waals surface area (Å²) in [5.41, 5.74) is 3.02. The molecule has 0 amide bonds. The van der Waals surface area contributed by atoms with Gasteiger partial charge in [-0.15, -0.1) is 0 Å². The molecule has 1 aromatic carbocycles. The van der Waals surface area contributed by atoms with Crippen molar-refractivity contribution in [1.82, 2.24) is 15.8 Å². The van der Waals surface area contributed by atoms with Crippen LogP contribution in [0.4, 0.5) is 0 Å². The van der Waals surface area contributed by atoms with Gasteiger partial charge in [-0.3, -0.25) is 4.99 Å². The number of nitrogens with one attached hydrogen (secondary N) is 2. The minimum atomic E-state index is -0.109. The molecule has 2 aromatic rings. The van der Waals surface area contributed by atoms with Crippen LogP contribution in [0.15, 0.2) is 27.7 Å².